The number of phenols is 1. The van der Waals surface area contributed by atoms with Gasteiger partial charge in [0, 0.05) is 11.1 Å². The predicted octanol–water partition coefficient (Wildman–Crippen LogP) is 0.199. The van der Waals surface area contributed by atoms with Gasteiger partial charge in [-0.3, -0.25) is 0 Å². The van der Waals surface area contributed by atoms with Crippen molar-refractivity contribution in [1.29, 1.82) is 0 Å². The molecule has 1 aromatic carbocycles. The summed E-state index contributed by atoms with van der Waals surface area (Å²) in [7, 11) is 0. The summed E-state index contributed by atoms with van der Waals surface area (Å²) in [6.45, 7) is 1.67. The van der Waals surface area contributed by atoms with Crippen LogP contribution in [0.5, 0.6) is 5.75 Å². The van der Waals surface area contributed by atoms with Gasteiger partial charge in [0.25, 0.3) is 0 Å². The molecule has 1 unspecified atom stereocenters. The van der Waals surface area contributed by atoms with Crippen molar-refractivity contribution in [2.45, 2.75) is 19.1 Å². The molecule has 5 nitrogen and oxygen atoms in total. The van der Waals surface area contributed by atoms with E-state index >= 15 is 0 Å². The van der Waals surface area contributed by atoms with Crippen molar-refractivity contribution < 1.29 is 20.1 Å². The number of aromatic hydroxyl groups is 1. The minimum atomic E-state index is -0.912. The Morgan fingerprint density at radius 3 is 3.00 bits per heavy atom. The van der Waals surface area contributed by atoms with E-state index < -0.39 is 12.1 Å². The molecule has 0 saturated carbocycles. The number of aliphatic hydroxyl groups excluding tert-OH is 2. The van der Waals surface area contributed by atoms with Crippen molar-refractivity contribution in [2.75, 3.05) is 13.2 Å². The molecule has 0 spiro atoms. The van der Waals surface area contributed by atoms with Gasteiger partial charge in [0.15, 0.2) is 0 Å². The molecule has 0 saturated heterocycles. The van der Waals surface area contributed by atoms with Crippen LogP contribution in [-0.4, -0.2) is 46.6 Å². The number of ether oxygens (including phenoxy) is 1. The molecule has 0 fully saturated rings. The van der Waals surface area contributed by atoms with Gasteiger partial charge in [-0.2, -0.15) is 0 Å². The smallest absolute Gasteiger partial charge is 0.217 e. The maximum atomic E-state index is 9.58. The molecule has 0 radical (unpaired) electrons. The van der Waals surface area contributed by atoms with Gasteiger partial charge in [-0.05, 0) is 19.1 Å². The first-order valence-corrected chi connectivity index (χ1v) is 5.42. The standard InChI is InChI=1S/C12H15NO4/c1-7-8(3-2-4-10(7)15)12-13-9(6-17-12)11(16)5-14/h2-4,9,11,14-16H,5-6H2,1H3/t9?,11-/m0/s1. The fourth-order valence-electron chi connectivity index (χ4n) is 1.71. The Kier molecular flexibility index (Phi) is 3.31. The fourth-order valence-corrected chi connectivity index (χ4v) is 1.71. The zero-order chi connectivity index (χ0) is 12.4. The fraction of sp³-hybridized carbons (Fsp3) is 0.417. The van der Waals surface area contributed by atoms with Crippen molar-refractivity contribution in [3.8, 4) is 5.75 Å². The first-order chi connectivity index (χ1) is 8.13. The van der Waals surface area contributed by atoms with Gasteiger partial charge in [0.2, 0.25) is 5.90 Å². The van der Waals surface area contributed by atoms with E-state index in [1.807, 2.05) is 0 Å². The third kappa shape index (κ3) is 2.25. The average molecular weight is 237 g/mol. The lowest BCUT2D eigenvalue weighted by Gasteiger charge is -2.09. The minimum absolute atomic E-state index is 0.181. The summed E-state index contributed by atoms with van der Waals surface area (Å²) in [6.07, 6.45) is -0.912. The Hall–Kier alpha value is -1.59. The van der Waals surface area contributed by atoms with Crippen molar-refractivity contribution in [3.63, 3.8) is 0 Å². The van der Waals surface area contributed by atoms with Crippen LogP contribution in [0.1, 0.15) is 11.1 Å². The van der Waals surface area contributed by atoms with Crippen LogP contribution in [-0.2, 0) is 4.74 Å². The molecule has 2 rings (SSSR count). The molecule has 1 aliphatic rings. The van der Waals surface area contributed by atoms with Crippen LogP contribution in [0.4, 0.5) is 0 Å². The number of nitrogens with zero attached hydrogens (tertiary/aromatic N) is 1. The van der Waals surface area contributed by atoms with Crippen LogP contribution in [0.2, 0.25) is 0 Å². The summed E-state index contributed by atoms with van der Waals surface area (Å²) in [4.78, 5) is 4.20. The maximum absolute atomic E-state index is 9.58. The van der Waals surface area contributed by atoms with Crippen LogP contribution in [0, 0.1) is 6.92 Å². The third-order valence-corrected chi connectivity index (χ3v) is 2.84. The molecule has 0 aliphatic carbocycles. The Morgan fingerprint density at radius 2 is 2.29 bits per heavy atom. The minimum Gasteiger partial charge on any atom is -0.508 e. The lowest BCUT2D eigenvalue weighted by molar-refractivity contribution is 0.0666. The van der Waals surface area contributed by atoms with E-state index in [9.17, 15) is 10.2 Å². The van der Waals surface area contributed by atoms with Crippen LogP contribution in [0.15, 0.2) is 23.2 Å². The quantitative estimate of drug-likeness (QED) is 0.701. The van der Waals surface area contributed by atoms with Crippen molar-refractivity contribution >= 4 is 5.90 Å². The number of aliphatic imine (C=N–C) groups is 1. The highest BCUT2D eigenvalue weighted by Gasteiger charge is 2.27. The largest absolute Gasteiger partial charge is 0.508 e. The maximum Gasteiger partial charge on any atom is 0.217 e. The Balaban J connectivity index is 2.27. The molecule has 3 N–H and O–H groups in total. The van der Waals surface area contributed by atoms with Gasteiger partial charge < -0.3 is 20.1 Å². The van der Waals surface area contributed by atoms with E-state index in [0.29, 0.717) is 17.0 Å². The van der Waals surface area contributed by atoms with Crippen LogP contribution in [0.3, 0.4) is 0 Å². The summed E-state index contributed by atoms with van der Waals surface area (Å²) in [5, 5.41) is 27.9. The molecular weight excluding hydrogens is 222 g/mol. The van der Waals surface area contributed by atoms with E-state index in [1.54, 1.807) is 25.1 Å². The van der Waals surface area contributed by atoms with Crippen LogP contribution < -0.4 is 0 Å². The topological polar surface area (TPSA) is 82.3 Å². The molecule has 92 valence electrons. The summed E-state index contributed by atoms with van der Waals surface area (Å²) in [5.74, 6) is 0.579. The van der Waals surface area contributed by atoms with Gasteiger partial charge in [-0.15, -0.1) is 0 Å². The molecular formula is C12H15NO4. The van der Waals surface area contributed by atoms with E-state index in [4.69, 9.17) is 9.84 Å². The molecule has 1 aliphatic heterocycles. The number of rotatable bonds is 3. The summed E-state index contributed by atoms with van der Waals surface area (Å²) >= 11 is 0. The Labute approximate surface area is 99.0 Å². The lowest BCUT2D eigenvalue weighted by atomic mass is 10.1. The molecule has 0 amide bonds. The Morgan fingerprint density at radius 1 is 1.53 bits per heavy atom. The van der Waals surface area contributed by atoms with Gasteiger partial charge in [-0.25, -0.2) is 4.99 Å². The zero-order valence-electron chi connectivity index (χ0n) is 9.50. The second kappa shape index (κ2) is 4.73. The number of hydrogen-bond acceptors (Lipinski definition) is 5. The lowest BCUT2D eigenvalue weighted by Crippen LogP contribution is -2.28. The first kappa shape index (κ1) is 11.9. The van der Waals surface area contributed by atoms with E-state index in [0.717, 1.165) is 0 Å². The molecule has 5 heteroatoms. The van der Waals surface area contributed by atoms with E-state index in [-0.39, 0.29) is 19.0 Å². The normalized spacial score (nSPS) is 20.9. The number of aliphatic hydroxyl groups is 2. The molecule has 2 atom stereocenters. The highest BCUT2D eigenvalue weighted by atomic mass is 16.5. The second-order valence-corrected chi connectivity index (χ2v) is 4.01. The third-order valence-electron chi connectivity index (χ3n) is 2.84. The number of benzene rings is 1. The van der Waals surface area contributed by atoms with Gasteiger partial charge >= 0.3 is 0 Å². The van der Waals surface area contributed by atoms with Crippen molar-refractivity contribution in [1.82, 2.24) is 0 Å². The van der Waals surface area contributed by atoms with E-state index in [2.05, 4.69) is 4.99 Å². The zero-order valence-corrected chi connectivity index (χ0v) is 9.50. The number of phenolic OH excluding ortho intramolecular Hbond substituents is 1. The Bertz CT molecular complexity index is 444. The summed E-state index contributed by atoms with van der Waals surface area (Å²) in [5.41, 5.74) is 1.39. The van der Waals surface area contributed by atoms with Gasteiger partial charge in [0.05, 0.1) is 6.61 Å². The molecule has 0 bridgehead atoms. The molecule has 0 aromatic heterocycles. The monoisotopic (exact) mass is 237 g/mol. The second-order valence-electron chi connectivity index (χ2n) is 4.01. The van der Waals surface area contributed by atoms with Gasteiger partial charge in [0.1, 0.15) is 24.5 Å². The van der Waals surface area contributed by atoms with Gasteiger partial charge in [-0.1, -0.05) is 6.07 Å². The van der Waals surface area contributed by atoms with Crippen LogP contribution in [0.25, 0.3) is 0 Å². The molecule has 17 heavy (non-hydrogen) atoms. The highest BCUT2D eigenvalue weighted by molar-refractivity contribution is 5.97. The first-order valence-electron chi connectivity index (χ1n) is 5.42. The van der Waals surface area contributed by atoms with E-state index in [1.165, 1.54) is 0 Å². The van der Waals surface area contributed by atoms with Crippen molar-refractivity contribution in [2.24, 2.45) is 4.99 Å². The van der Waals surface area contributed by atoms with Crippen LogP contribution >= 0.6 is 0 Å². The molecule has 1 aromatic rings. The summed E-state index contributed by atoms with van der Waals surface area (Å²) < 4.78 is 5.38. The number of hydrogen-bond donors (Lipinski definition) is 3. The summed E-state index contributed by atoms with van der Waals surface area (Å²) in [6, 6.07) is 4.65. The highest BCUT2D eigenvalue weighted by Crippen LogP contribution is 2.23. The average Bonchev–Trinajstić information content (AvgIpc) is 2.81. The van der Waals surface area contributed by atoms with Crippen molar-refractivity contribution in [3.05, 3.63) is 29.3 Å². The SMILES string of the molecule is Cc1c(O)cccc1C1=NC([C@@H](O)CO)CO1. The molecule has 1 heterocycles. The predicted molar refractivity (Wildman–Crippen MR) is 62.2 cm³/mol.